The zero-order chi connectivity index (χ0) is 14.7. The van der Waals surface area contributed by atoms with Gasteiger partial charge in [-0.05, 0) is 42.8 Å². The molecule has 0 saturated heterocycles. The van der Waals surface area contributed by atoms with Gasteiger partial charge in [-0.15, -0.1) is 11.3 Å². The van der Waals surface area contributed by atoms with Gasteiger partial charge < -0.3 is 10.2 Å². The van der Waals surface area contributed by atoms with Crippen LogP contribution in [-0.2, 0) is 13.0 Å². The van der Waals surface area contributed by atoms with E-state index >= 15 is 0 Å². The van der Waals surface area contributed by atoms with Gasteiger partial charge in [-0.3, -0.25) is 0 Å². The number of anilines is 1. The first-order valence-corrected chi connectivity index (χ1v) is 8.54. The number of nitrogens with one attached hydrogen (secondary N) is 1. The van der Waals surface area contributed by atoms with E-state index in [1.807, 2.05) is 17.5 Å². The number of pyridine rings is 1. The van der Waals surface area contributed by atoms with E-state index in [9.17, 15) is 0 Å². The molecule has 0 spiro atoms. The van der Waals surface area contributed by atoms with Crippen LogP contribution in [0, 0.1) is 0 Å². The van der Waals surface area contributed by atoms with Crippen molar-refractivity contribution in [3.05, 3.63) is 46.3 Å². The first kappa shape index (κ1) is 14.5. The first-order valence-electron chi connectivity index (χ1n) is 7.66. The quantitative estimate of drug-likeness (QED) is 0.849. The fourth-order valence-corrected chi connectivity index (χ4v) is 3.19. The zero-order valence-corrected chi connectivity index (χ0v) is 13.6. The van der Waals surface area contributed by atoms with Crippen molar-refractivity contribution >= 4 is 17.2 Å². The van der Waals surface area contributed by atoms with Gasteiger partial charge in [0.1, 0.15) is 5.82 Å². The fraction of sp³-hybridized carbons (Fsp3) is 0.471. The second-order valence-electron chi connectivity index (χ2n) is 5.92. The van der Waals surface area contributed by atoms with E-state index in [0.717, 1.165) is 24.8 Å². The van der Waals surface area contributed by atoms with E-state index in [-0.39, 0.29) is 0 Å². The Hall–Kier alpha value is -1.39. The van der Waals surface area contributed by atoms with Gasteiger partial charge in [0.2, 0.25) is 0 Å². The van der Waals surface area contributed by atoms with Gasteiger partial charge in [0.05, 0.1) is 0 Å². The lowest BCUT2D eigenvalue weighted by Crippen LogP contribution is -2.31. The average molecular weight is 301 g/mol. The maximum atomic E-state index is 4.62. The molecule has 3 rings (SSSR count). The van der Waals surface area contributed by atoms with E-state index < -0.39 is 0 Å². The van der Waals surface area contributed by atoms with Crippen LogP contribution in [0.3, 0.4) is 0 Å². The van der Waals surface area contributed by atoms with Gasteiger partial charge >= 0.3 is 0 Å². The van der Waals surface area contributed by atoms with Crippen molar-refractivity contribution in [2.45, 2.75) is 44.8 Å². The molecule has 2 heterocycles. The minimum atomic E-state index is 0.451. The Morgan fingerprint density at radius 2 is 2.24 bits per heavy atom. The molecule has 0 aliphatic heterocycles. The molecule has 4 heteroatoms. The Morgan fingerprint density at radius 1 is 1.38 bits per heavy atom. The molecule has 2 aromatic rings. The minimum Gasteiger partial charge on any atom is -0.357 e. The molecule has 112 valence electrons. The SMILES string of the molecule is CC(Cc1cccs1)N(C)c1ccc(CNC2CC2)cn1. The van der Waals surface area contributed by atoms with Crippen molar-refractivity contribution in [2.24, 2.45) is 0 Å². The summed E-state index contributed by atoms with van der Waals surface area (Å²) in [5, 5.41) is 5.66. The molecule has 1 aliphatic rings. The molecule has 1 atom stereocenters. The number of rotatable bonds is 7. The van der Waals surface area contributed by atoms with Gasteiger partial charge in [-0.1, -0.05) is 12.1 Å². The normalized spacial score (nSPS) is 15.9. The highest BCUT2D eigenvalue weighted by Crippen LogP contribution is 2.20. The topological polar surface area (TPSA) is 28.2 Å². The molecule has 1 N–H and O–H groups in total. The summed E-state index contributed by atoms with van der Waals surface area (Å²) in [5.74, 6) is 1.05. The molecule has 1 aliphatic carbocycles. The van der Waals surface area contributed by atoms with E-state index in [0.29, 0.717) is 6.04 Å². The molecule has 1 fully saturated rings. The molecular formula is C17H23N3S. The molecule has 1 unspecified atom stereocenters. The summed E-state index contributed by atoms with van der Waals surface area (Å²) >= 11 is 1.83. The molecule has 0 amide bonds. The van der Waals surface area contributed by atoms with Crippen molar-refractivity contribution < 1.29 is 0 Å². The van der Waals surface area contributed by atoms with Gasteiger partial charge in [0.15, 0.2) is 0 Å². The summed E-state index contributed by atoms with van der Waals surface area (Å²) in [5.41, 5.74) is 1.27. The van der Waals surface area contributed by atoms with Gasteiger partial charge in [-0.25, -0.2) is 4.98 Å². The molecule has 2 aromatic heterocycles. The molecule has 21 heavy (non-hydrogen) atoms. The van der Waals surface area contributed by atoms with E-state index in [1.54, 1.807) is 0 Å². The number of likely N-dealkylation sites (N-methyl/N-ethyl adjacent to an activating group) is 1. The molecule has 3 nitrogen and oxygen atoms in total. The summed E-state index contributed by atoms with van der Waals surface area (Å²) in [7, 11) is 2.13. The Labute approximate surface area is 131 Å². The monoisotopic (exact) mass is 301 g/mol. The van der Waals surface area contributed by atoms with Crippen LogP contribution < -0.4 is 10.2 Å². The van der Waals surface area contributed by atoms with Crippen LogP contribution in [0.4, 0.5) is 5.82 Å². The molecular weight excluding hydrogens is 278 g/mol. The molecule has 0 aromatic carbocycles. The van der Waals surface area contributed by atoms with Crippen LogP contribution in [-0.4, -0.2) is 24.1 Å². The van der Waals surface area contributed by atoms with E-state index in [1.165, 1.54) is 23.3 Å². The standard InChI is InChI=1S/C17H23N3S/c1-13(10-16-4-3-9-21-16)20(2)17-8-5-14(12-19-17)11-18-15-6-7-15/h3-5,8-9,12-13,15,18H,6-7,10-11H2,1-2H3. The van der Waals surface area contributed by atoms with Gasteiger partial charge in [0.25, 0.3) is 0 Å². The lowest BCUT2D eigenvalue weighted by atomic mass is 10.2. The second kappa shape index (κ2) is 6.58. The molecule has 1 saturated carbocycles. The third-order valence-electron chi connectivity index (χ3n) is 4.08. The van der Waals surface area contributed by atoms with E-state index in [2.05, 4.69) is 58.8 Å². The van der Waals surface area contributed by atoms with Crippen LogP contribution in [0.1, 0.15) is 30.2 Å². The molecule has 0 bridgehead atoms. The highest BCUT2D eigenvalue weighted by Gasteiger charge is 2.20. The Bertz CT molecular complexity index is 546. The minimum absolute atomic E-state index is 0.451. The number of thiophene rings is 1. The van der Waals surface area contributed by atoms with Crippen LogP contribution >= 0.6 is 11.3 Å². The fourth-order valence-electron chi connectivity index (χ4n) is 2.36. The van der Waals surface area contributed by atoms with Gasteiger partial charge in [0, 0.05) is 43.2 Å². The number of hydrogen-bond donors (Lipinski definition) is 1. The van der Waals surface area contributed by atoms with Crippen LogP contribution in [0.2, 0.25) is 0 Å². The lowest BCUT2D eigenvalue weighted by Gasteiger charge is -2.25. The zero-order valence-electron chi connectivity index (χ0n) is 12.7. The summed E-state index contributed by atoms with van der Waals surface area (Å²) < 4.78 is 0. The first-order chi connectivity index (χ1) is 10.2. The number of nitrogens with zero attached hydrogens (tertiary/aromatic N) is 2. The summed E-state index contributed by atoms with van der Waals surface area (Å²) in [4.78, 5) is 8.31. The third kappa shape index (κ3) is 4.05. The summed E-state index contributed by atoms with van der Waals surface area (Å²) in [6, 6.07) is 9.84. The molecule has 0 radical (unpaired) electrons. The Kier molecular flexibility index (Phi) is 4.56. The maximum absolute atomic E-state index is 4.62. The van der Waals surface area contributed by atoms with Crippen molar-refractivity contribution in [3.8, 4) is 0 Å². The third-order valence-corrected chi connectivity index (χ3v) is 4.98. The predicted octanol–water partition coefficient (Wildman–Crippen LogP) is 3.46. The van der Waals surface area contributed by atoms with Crippen molar-refractivity contribution in [1.29, 1.82) is 0 Å². The average Bonchev–Trinajstić information content (AvgIpc) is 3.20. The number of hydrogen-bond acceptors (Lipinski definition) is 4. The van der Waals surface area contributed by atoms with Crippen LogP contribution in [0.15, 0.2) is 35.8 Å². The highest BCUT2D eigenvalue weighted by molar-refractivity contribution is 7.09. The van der Waals surface area contributed by atoms with Crippen molar-refractivity contribution in [3.63, 3.8) is 0 Å². The Balaban J connectivity index is 1.56. The lowest BCUT2D eigenvalue weighted by molar-refractivity contribution is 0.673. The highest BCUT2D eigenvalue weighted by atomic mass is 32.1. The largest absolute Gasteiger partial charge is 0.357 e. The van der Waals surface area contributed by atoms with Crippen molar-refractivity contribution in [1.82, 2.24) is 10.3 Å². The van der Waals surface area contributed by atoms with E-state index in [4.69, 9.17) is 0 Å². The predicted molar refractivity (Wildman–Crippen MR) is 90.0 cm³/mol. The summed E-state index contributed by atoms with van der Waals surface area (Å²) in [6.45, 7) is 3.19. The Morgan fingerprint density at radius 3 is 2.86 bits per heavy atom. The maximum Gasteiger partial charge on any atom is 0.128 e. The van der Waals surface area contributed by atoms with Gasteiger partial charge in [-0.2, -0.15) is 0 Å². The van der Waals surface area contributed by atoms with Crippen LogP contribution in [0.25, 0.3) is 0 Å². The smallest absolute Gasteiger partial charge is 0.128 e. The number of aromatic nitrogens is 1. The summed E-state index contributed by atoms with van der Waals surface area (Å²) in [6.07, 6.45) is 5.73. The van der Waals surface area contributed by atoms with Crippen molar-refractivity contribution in [2.75, 3.05) is 11.9 Å². The second-order valence-corrected chi connectivity index (χ2v) is 6.96. The van der Waals surface area contributed by atoms with Crippen LogP contribution in [0.5, 0.6) is 0 Å².